The van der Waals surface area contributed by atoms with Gasteiger partial charge >= 0.3 is 0 Å². The summed E-state index contributed by atoms with van der Waals surface area (Å²) < 4.78 is 16.4. The fourth-order valence-corrected chi connectivity index (χ4v) is 4.93. The number of H-pyrrole nitrogens is 1. The van der Waals surface area contributed by atoms with Gasteiger partial charge < -0.3 is 34.3 Å². The van der Waals surface area contributed by atoms with Crippen molar-refractivity contribution in [2.75, 3.05) is 72.4 Å². The number of nitrogens with one attached hydrogen (secondary N) is 2. The van der Waals surface area contributed by atoms with E-state index in [9.17, 15) is 4.79 Å². The standard InChI is InChI=1S/C26H39N5O4S/c1-3-29(4-2)8-5-7-27-26(36)31(10-6-9-30-11-13-33-14-12-30)18-21-15-20-16-23-24(35-19-34-23)17-22(20)28-25(21)32/h15-17H,3-14,18-19H2,1-2H3,(H,27,36)(H,28,32). The average molecular weight is 518 g/mol. The van der Waals surface area contributed by atoms with Crippen LogP contribution in [0.5, 0.6) is 11.5 Å². The number of hydrogen-bond donors (Lipinski definition) is 2. The molecule has 198 valence electrons. The number of thiocarbonyl (C=S) groups is 1. The molecule has 0 aliphatic carbocycles. The molecule has 0 spiro atoms. The maximum Gasteiger partial charge on any atom is 0.253 e. The molecule has 1 aromatic carbocycles. The van der Waals surface area contributed by atoms with Crippen LogP contribution in [0.4, 0.5) is 0 Å². The quantitative estimate of drug-likeness (QED) is 0.326. The largest absolute Gasteiger partial charge is 0.454 e. The van der Waals surface area contributed by atoms with E-state index in [4.69, 9.17) is 26.4 Å². The Morgan fingerprint density at radius 1 is 1.08 bits per heavy atom. The van der Waals surface area contributed by atoms with Crippen LogP contribution in [0.2, 0.25) is 0 Å². The van der Waals surface area contributed by atoms with Crippen LogP contribution in [-0.4, -0.2) is 97.2 Å². The molecule has 0 bridgehead atoms. The van der Waals surface area contributed by atoms with Gasteiger partial charge in [0, 0.05) is 49.7 Å². The second-order valence-electron chi connectivity index (χ2n) is 9.26. The smallest absolute Gasteiger partial charge is 0.253 e. The van der Waals surface area contributed by atoms with Gasteiger partial charge in [-0.1, -0.05) is 13.8 Å². The number of pyridine rings is 1. The molecule has 1 fully saturated rings. The first-order valence-electron chi connectivity index (χ1n) is 13.1. The lowest BCUT2D eigenvalue weighted by Gasteiger charge is -2.29. The van der Waals surface area contributed by atoms with Gasteiger partial charge in [0.1, 0.15) is 0 Å². The molecule has 0 saturated carbocycles. The van der Waals surface area contributed by atoms with Gasteiger partial charge in [-0.2, -0.15) is 0 Å². The molecule has 36 heavy (non-hydrogen) atoms. The summed E-state index contributed by atoms with van der Waals surface area (Å²) in [5.74, 6) is 1.36. The van der Waals surface area contributed by atoms with Gasteiger partial charge in [-0.25, -0.2) is 0 Å². The maximum atomic E-state index is 13.0. The second-order valence-corrected chi connectivity index (χ2v) is 9.64. The SMILES string of the molecule is CCN(CC)CCCNC(=S)N(CCCN1CCOCC1)Cc1cc2cc3c(cc2[nH]c1=O)OCO3. The van der Waals surface area contributed by atoms with Crippen LogP contribution >= 0.6 is 12.2 Å². The summed E-state index contributed by atoms with van der Waals surface area (Å²) in [6, 6.07) is 5.68. The number of benzene rings is 1. The van der Waals surface area contributed by atoms with Crippen molar-refractivity contribution in [2.45, 2.75) is 33.2 Å². The van der Waals surface area contributed by atoms with Gasteiger partial charge in [0.15, 0.2) is 16.6 Å². The molecule has 2 aromatic rings. The van der Waals surface area contributed by atoms with Gasteiger partial charge in [-0.05, 0) is 56.8 Å². The van der Waals surface area contributed by atoms with E-state index in [1.54, 1.807) is 0 Å². The number of rotatable bonds is 12. The minimum absolute atomic E-state index is 0.108. The number of morpholine rings is 1. The third kappa shape index (κ3) is 7.09. The lowest BCUT2D eigenvalue weighted by molar-refractivity contribution is 0.0367. The van der Waals surface area contributed by atoms with Gasteiger partial charge in [0.05, 0.1) is 25.3 Å². The molecule has 0 amide bonds. The molecule has 2 N–H and O–H groups in total. The lowest BCUT2D eigenvalue weighted by Crippen LogP contribution is -2.43. The molecule has 0 unspecified atom stereocenters. The monoisotopic (exact) mass is 517 g/mol. The molecule has 2 aliphatic rings. The Morgan fingerprint density at radius 3 is 2.58 bits per heavy atom. The van der Waals surface area contributed by atoms with E-state index in [-0.39, 0.29) is 12.4 Å². The Morgan fingerprint density at radius 2 is 1.83 bits per heavy atom. The Labute approximate surface area is 218 Å². The summed E-state index contributed by atoms with van der Waals surface area (Å²) >= 11 is 5.80. The van der Waals surface area contributed by atoms with E-state index in [0.29, 0.717) is 28.7 Å². The van der Waals surface area contributed by atoms with Gasteiger partial charge in [0.2, 0.25) is 6.79 Å². The third-order valence-electron chi connectivity index (χ3n) is 6.89. The summed E-state index contributed by atoms with van der Waals surface area (Å²) in [5, 5.41) is 5.05. The second kappa shape index (κ2) is 13.2. The third-order valence-corrected chi connectivity index (χ3v) is 7.29. The van der Waals surface area contributed by atoms with Crippen LogP contribution in [0.3, 0.4) is 0 Å². The molecule has 3 heterocycles. The lowest BCUT2D eigenvalue weighted by atomic mass is 10.1. The maximum absolute atomic E-state index is 13.0. The predicted octanol–water partition coefficient (Wildman–Crippen LogP) is 2.39. The molecule has 9 nitrogen and oxygen atoms in total. The Bertz CT molecular complexity index is 1070. The van der Waals surface area contributed by atoms with Crippen molar-refractivity contribution >= 4 is 28.2 Å². The van der Waals surface area contributed by atoms with Crippen LogP contribution in [0.1, 0.15) is 32.3 Å². The molecular formula is C26H39N5O4S. The molecule has 1 saturated heterocycles. The highest BCUT2D eigenvalue weighted by molar-refractivity contribution is 7.80. The van der Waals surface area contributed by atoms with Crippen molar-refractivity contribution in [2.24, 2.45) is 0 Å². The zero-order valence-corrected chi connectivity index (χ0v) is 22.3. The van der Waals surface area contributed by atoms with Crippen molar-refractivity contribution in [1.82, 2.24) is 25.0 Å². The molecule has 0 radical (unpaired) electrons. The zero-order chi connectivity index (χ0) is 25.3. The molecule has 0 atom stereocenters. The van der Waals surface area contributed by atoms with E-state index in [1.165, 1.54) is 0 Å². The van der Waals surface area contributed by atoms with Gasteiger partial charge in [0.25, 0.3) is 5.56 Å². The van der Waals surface area contributed by atoms with Crippen molar-refractivity contribution < 1.29 is 14.2 Å². The van der Waals surface area contributed by atoms with Crippen LogP contribution < -0.4 is 20.3 Å². The number of aromatic nitrogens is 1. The van der Waals surface area contributed by atoms with Gasteiger partial charge in [-0.15, -0.1) is 0 Å². The minimum atomic E-state index is -0.108. The highest BCUT2D eigenvalue weighted by Crippen LogP contribution is 2.35. The first-order valence-corrected chi connectivity index (χ1v) is 13.5. The molecule has 10 heteroatoms. The Hall–Kier alpha value is -2.40. The molecule has 1 aromatic heterocycles. The van der Waals surface area contributed by atoms with Crippen molar-refractivity contribution in [3.63, 3.8) is 0 Å². The van der Waals surface area contributed by atoms with Gasteiger partial charge in [-0.3, -0.25) is 9.69 Å². The topological polar surface area (TPSA) is 82.3 Å². The van der Waals surface area contributed by atoms with Crippen LogP contribution in [0, 0.1) is 0 Å². The number of ether oxygens (including phenoxy) is 3. The highest BCUT2D eigenvalue weighted by Gasteiger charge is 2.18. The number of hydrogen-bond acceptors (Lipinski definition) is 7. The van der Waals surface area contributed by atoms with E-state index in [1.807, 2.05) is 18.2 Å². The summed E-state index contributed by atoms with van der Waals surface area (Å²) in [6.07, 6.45) is 1.98. The highest BCUT2D eigenvalue weighted by atomic mass is 32.1. The molecular weight excluding hydrogens is 478 g/mol. The summed E-state index contributed by atoms with van der Waals surface area (Å²) in [4.78, 5) is 22.9. The first kappa shape index (κ1) is 26.7. The van der Waals surface area contributed by atoms with Crippen molar-refractivity contribution in [3.8, 4) is 11.5 Å². The molecule has 2 aliphatic heterocycles. The van der Waals surface area contributed by atoms with E-state index >= 15 is 0 Å². The van der Waals surface area contributed by atoms with E-state index in [2.05, 4.69) is 38.8 Å². The zero-order valence-electron chi connectivity index (χ0n) is 21.5. The fraction of sp³-hybridized carbons (Fsp3) is 0.615. The number of nitrogens with zero attached hydrogens (tertiary/aromatic N) is 3. The number of aromatic amines is 1. The van der Waals surface area contributed by atoms with Crippen LogP contribution in [-0.2, 0) is 11.3 Å². The van der Waals surface area contributed by atoms with Crippen molar-refractivity contribution in [1.29, 1.82) is 0 Å². The van der Waals surface area contributed by atoms with E-state index in [0.717, 1.165) is 89.3 Å². The first-order chi connectivity index (χ1) is 17.6. The summed E-state index contributed by atoms with van der Waals surface area (Å²) in [6.45, 7) is 14.3. The van der Waals surface area contributed by atoms with Crippen LogP contribution in [0.25, 0.3) is 10.9 Å². The minimum Gasteiger partial charge on any atom is -0.454 e. The summed E-state index contributed by atoms with van der Waals surface area (Å²) in [5.41, 5.74) is 1.31. The van der Waals surface area contributed by atoms with Crippen molar-refractivity contribution in [3.05, 3.63) is 34.1 Å². The van der Waals surface area contributed by atoms with E-state index < -0.39 is 0 Å². The Balaban J connectivity index is 1.42. The fourth-order valence-electron chi connectivity index (χ4n) is 4.68. The average Bonchev–Trinajstić information content (AvgIpc) is 3.35. The normalized spacial score (nSPS) is 15.5. The Kier molecular flexibility index (Phi) is 9.80. The number of fused-ring (bicyclic) bond motifs is 2. The predicted molar refractivity (Wildman–Crippen MR) is 146 cm³/mol. The summed E-state index contributed by atoms with van der Waals surface area (Å²) in [7, 11) is 0. The molecule has 4 rings (SSSR count). The van der Waals surface area contributed by atoms with Crippen LogP contribution in [0.15, 0.2) is 23.0 Å².